The standard InChI is InChI=1S/C10H22N2O/c1-4-5-6-7-8-11-9-10(13)12(2)3/h11H,4-9H2,1-3H3. The van der Waals surface area contributed by atoms with E-state index < -0.39 is 0 Å². The van der Waals surface area contributed by atoms with Gasteiger partial charge in [-0.15, -0.1) is 0 Å². The first kappa shape index (κ1) is 12.4. The van der Waals surface area contributed by atoms with Crippen LogP contribution in [0.4, 0.5) is 0 Å². The van der Waals surface area contributed by atoms with Crippen molar-refractivity contribution in [3.63, 3.8) is 0 Å². The van der Waals surface area contributed by atoms with Crippen LogP contribution in [0.25, 0.3) is 0 Å². The van der Waals surface area contributed by atoms with Gasteiger partial charge in [-0.2, -0.15) is 0 Å². The molecule has 0 heterocycles. The maximum Gasteiger partial charge on any atom is 0.236 e. The number of amides is 1. The lowest BCUT2D eigenvalue weighted by Crippen LogP contribution is -2.33. The summed E-state index contributed by atoms with van der Waals surface area (Å²) in [5.41, 5.74) is 0. The minimum Gasteiger partial charge on any atom is -0.348 e. The summed E-state index contributed by atoms with van der Waals surface area (Å²) in [4.78, 5) is 12.7. The SMILES string of the molecule is CCCCCCNCC(=O)N(C)C. The largest absolute Gasteiger partial charge is 0.348 e. The number of nitrogens with one attached hydrogen (secondary N) is 1. The Morgan fingerprint density at radius 3 is 2.46 bits per heavy atom. The zero-order valence-electron chi connectivity index (χ0n) is 9.10. The molecule has 0 bridgehead atoms. The van der Waals surface area contributed by atoms with Crippen molar-refractivity contribution in [2.45, 2.75) is 32.6 Å². The van der Waals surface area contributed by atoms with Gasteiger partial charge in [0.2, 0.25) is 5.91 Å². The van der Waals surface area contributed by atoms with Gasteiger partial charge in [0.1, 0.15) is 0 Å². The van der Waals surface area contributed by atoms with Gasteiger partial charge in [0, 0.05) is 14.1 Å². The molecule has 0 aliphatic carbocycles. The normalized spacial score (nSPS) is 10.1. The maximum atomic E-state index is 11.1. The predicted octanol–water partition coefficient (Wildman–Crippen LogP) is 1.24. The van der Waals surface area contributed by atoms with E-state index >= 15 is 0 Å². The number of hydrogen-bond donors (Lipinski definition) is 1. The Balaban J connectivity index is 3.12. The van der Waals surface area contributed by atoms with Crippen LogP contribution in [-0.2, 0) is 4.79 Å². The molecule has 0 saturated carbocycles. The molecule has 0 rings (SSSR count). The van der Waals surface area contributed by atoms with Crippen LogP contribution in [-0.4, -0.2) is 38.0 Å². The minimum atomic E-state index is 0.149. The predicted molar refractivity (Wildman–Crippen MR) is 55.7 cm³/mol. The molecule has 3 heteroatoms. The summed E-state index contributed by atoms with van der Waals surface area (Å²) in [6.07, 6.45) is 4.99. The van der Waals surface area contributed by atoms with E-state index in [9.17, 15) is 4.79 Å². The minimum absolute atomic E-state index is 0.149. The summed E-state index contributed by atoms with van der Waals surface area (Å²) in [5.74, 6) is 0.149. The van der Waals surface area contributed by atoms with Gasteiger partial charge in [0.15, 0.2) is 0 Å². The van der Waals surface area contributed by atoms with Crippen molar-refractivity contribution in [2.75, 3.05) is 27.2 Å². The van der Waals surface area contributed by atoms with E-state index in [0.717, 1.165) is 6.54 Å². The third-order valence-corrected chi connectivity index (χ3v) is 1.98. The van der Waals surface area contributed by atoms with Gasteiger partial charge < -0.3 is 10.2 Å². The van der Waals surface area contributed by atoms with Crippen LogP contribution in [0, 0.1) is 0 Å². The first-order valence-electron chi connectivity index (χ1n) is 5.09. The number of rotatable bonds is 7. The molecule has 1 N–H and O–H groups in total. The molecule has 0 saturated heterocycles. The molecule has 0 fully saturated rings. The third kappa shape index (κ3) is 7.78. The molecule has 13 heavy (non-hydrogen) atoms. The van der Waals surface area contributed by atoms with Crippen LogP contribution < -0.4 is 5.32 Å². The lowest BCUT2D eigenvalue weighted by atomic mass is 10.2. The molecule has 0 aliphatic heterocycles. The zero-order chi connectivity index (χ0) is 10.1. The van der Waals surface area contributed by atoms with Gasteiger partial charge in [-0.1, -0.05) is 26.2 Å². The molecule has 0 atom stereocenters. The lowest BCUT2D eigenvalue weighted by molar-refractivity contribution is -0.127. The van der Waals surface area contributed by atoms with E-state index in [0.29, 0.717) is 6.54 Å². The van der Waals surface area contributed by atoms with Gasteiger partial charge in [-0.25, -0.2) is 0 Å². The highest BCUT2D eigenvalue weighted by molar-refractivity contribution is 5.77. The number of hydrogen-bond acceptors (Lipinski definition) is 2. The van der Waals surface area contributed by atoms with Crippen LogP contribution in [0.3, 0.4) is 0 Å². The van der Waals surface area contributed by atoms with Crippen LogP contribution in [0.5, 0.6) is 0 Å². The van der Waals surface area contributed by atoms with Gasteiger partial charge >= 0.3 is 0 Å². The van der Waals surface area contributed by atoms with E-state index in [1.165, 1.54) is 25.7 Å². The fraction of sp³-hybridized carbons (Fsp3) is 0.900. The molecule has 0 aliphatic rings. The summed E-state index contributed by atoms with van der Waals surface area (Å²) >= 11 is 0. The molecule has 0 aromatic carbocycles. The van der Waals surface area contributed by atoms with E-state index in [-0.39, 0.29) is 5.91 Å². The first-order chi connectivity index (χ1) is 6.18. The average molecular weight is 186 g/mol. The number of carbonyl (C=O) groups excluding carboxylic acids is 1. The Kier molecular flexibility index (Phi) is 7.69. The van der Waals surface area contributed by atoms with Crippen LogP contribution in [0.15, 0.2) is 0 Å². The van der Waals surface area contributed by atoms with Crippen molar-refractivity contribution < 1.29 is 4.79 Å². The molecule has 0 spiro atoms. The van der Waals surface area contributed by atoms with Crippen molar-refractivity contribution in [3.8, 4) is 0 Å². The van der Waals surface area contributed by atoms with Crippen molar-refractivity contribution in [2.24, 2.45) is 0 Å². The average Bonchev–Trinajstić information content (AvgIpc) is 2.10. The van der Waals surface area contributed by atoms with Crippen LogP contribution >= 0.6 is 0 Å². The Bertz CT molecular complexity index is 135. The second-order valence-electron chi connectivity index (χ2n) is 3.53. The van der Waals surface area contributed by atoms with Crippen LogP contribution in [0.2, 0.25) is 0 Å². The summed E-state index contributed by atoms with van der Waals surface area (Å²) in [7, 11) is 3.56. The van der Waals surface area contributed by atoms with Gasteiger partial charge in [0.25, 0.3) is 0 Å². The summed E-state index contributed by atoms with van der Waals surface area (Å²) in [6.45, 7) is 3.63. The second kappa shape index (κ2) is 8.05. The number of likely N-dealkylation sites (N-methyl/N-ethyl adjacent to an activating group) is 1. The number of nitrogens with zero attached hydrogens (tertiary/aromatic N) is 1. The zero-order valence-corrected chi connectivity index (χ0v) is 9.10. The summed E-state index contributed by atoms with van der Waals surface area (Å²) < 4.78 is 0. The van der Waals surface area contributed by atoms with Gasteiger partial charge in [-0.3, -0.25) is 4.79 Å². The molecule has 1 amide bonds. The van der Waals surface area contributed by atoms with Gasteiger partial charge in [0.05, 0.1) is 6.54 Å². The smallest absolute Gasteiger partial charge is 0.236 e. The lowest BCUT2D eigenvalue weighted by Gasteiger charge is -2.10. The van der Waals surface area contributed by atoms with Crippen molar-refractivity contribution in [1.29, 1.82) is 0 Å². The van der Waals surface area contributed by atoms with Gasteiger partial charge in [-0.05, 0) is 13.0 Å². The Hall–Kier alpha value is -0.570. The molecule has 0 aromatic heterocycles. The third-order valence-electron chi connectivity index (χ3n) is 1.98. The second-order valence-corrected chi connectivity index (χ2v) is 3.53. The molecule has 0 aromatic rings. The highest BCUT2D eigenvalue weighted by Crippen LogP contribution is 1.96. The first-order valence-corrected chi connectivity index (χ1v) is 5.09. The summed E-state index contributed by atoms with van der Waals surface area (Å²) in [6, 6.07) is 0. The topological polar surface area (TPSA) is 32.3 Å². The maximum absolute atomic E-state index is 11.1. The van der Waals surface area contributed by atoms with Crippen molar-refractivity contribution in [3.05, 3.63) is 0 Å². The number of carbonyl (C=O) groups is 1. The van der Waals surface area contributed by atoms with Crippen molar-refractivity contribution >= 4 is 5.91 Å². The molecule has 0 unspecified atom stereocenters. The molecular weight excluding hydrogens is 164 g/mol. The van der Waals surface area contributed by atoms with E-state index in [1.54, 1.807) is 19.0 Å². The quantitative estimate of drug-likeness (QED) is 0.607. The number of unbranched alkanes of at least 4 members (excludes halogenated alkanes) is 3. The molecular formula is C10H22N2O. The fourth-order valence-corrected chi connectivity index (χ4v) is 1.03. The monoisotopic (exact) mass is 186 g/mol. The van der Waals surface area contributed by atoms with Crippen LogP contribution in [0.1, 0.15) is 32.6 Å². The highest BCUT2D eigenvalue weighted by Gasteiger charge is 2.00. The summed E-state index contributed by atoms with van der Waals surface area (Å²) in [5, 5.41) is 3.13. The fourth-order valence-electron chi connectivity index (χ4n) is 1.03. The highest BCUT2D eigenvalue weighted by atomic mass is 16.2. The van der Waals surface area contributed by atoms with E-state index in [4.69, 9.17) is 0 Å². The van der Waals surface area contributed by atoms with E-state index in [1.807, 2.05) is 0 Å². The van der Waals surface area contributed by atoms with Crippen molar-refractivity contribution in [1.82, 2.24) is 10.2 Å². The Morgan fingerprint density at radius 2 is 1.92 bits per heavy atom. The van der Waals surface area contributed by atoms with E-state index in [2.05, 4.69) is 12.2 Å². The molecule has 78 valence electrons. The Morgan fingerprint density at radius 1 is 1.23 bits per heavy atom. The Labute approximate surface area is 81.5 Å². The molecule has 0 radical (unpaired) electrons. The molecule has 3 nitrogen and oxygen atoms in total.